The van der Waals surface area contributed by atoms with E-state index in [1.54, 1.807) is 0 Å². The Labute approximate surface area is 163 Å². The van der Waals surface area contributed by atoms with Gasteiger partial charge in [0.15, 0.2) is 0 Å². The minimum Gasteiger partial charge on any atom is -0.393 e. The van der Waals surface area contributed by atoms with Crippen LogP contribution in [0.25, 0.3) is 0 Å². The predicted octanol–water partition coefficient (Wildman–Crippen LogP) is 3.73. The van der Waals surface area contributed by atoms with Crippen LogP contribution in [0, 0.1) is 5.92 Å². The van der Waals surface area contributed by atoms with E-state index in [4.69, 9.17) is 4.43 Å². The molecule has 0 bridgehead atoms. The molecule has 3 N–H and O–H groups in total. The first-order chi connectivity index (χ1) is 12.8. The zero-order valence-corrected chi connectivity index (χ0v) is 18.3. The highest BCUT2D eigenvalue weighted by Crippen LogP contribution is 2.23. The van der Waals surface area contributed by atoms with Gasteiger partial charge in [0.25, 0.3) is 0 Å². The van der Waals surface area contributed by atoms with E-state index in [1.165, 1.54) is 89.9 Å². The lowest BCUT2D eigenvalue weighted by atomic mass is 9.86. The zero-order chi connectivity index (χ0) is 18.0. The molecule has 5 heteroatoms. The molecule has 3 aliphatic carbocycles. The molecule has 0 radical (unpaired) electrons. The second-order valence-corrected chi connectivity index (χ2v) is 10.8. The third kappa shape index (κ3) is 7.23. The molecule has 0 amide bonds. The Morgan fingerprint density at radius 2 is 1.27 bits per heavy atom. The molecule has 0 spiro atoms. The normalized spacial score (nSPS) is 29.3. The molecule has 4 nitrogen and oxygen atoms in total. The van der Waals surface area contributed by atoms with Crippen LogP contribution in [0.15, 0.2) is 0 Å². The molecule has 152 valence electrons. The maximum absolute atomic E-state index is 6.43. The maximum Gasteiger partial charge on any atom is 0.335 e. The van der Waals surface area contributed by atoms with Crippen molar-refractivity contribution in [1.29, 1.82) is 0 Å². The maximum atomic E-state index is 6.43. The van der Waals surface area contributed by atoms with Crippen LogP contribution in [0.1, 0.15) is 96.8 Å². The monoisotopic (exact) mass is 381 g/mol. The number of hydrogen-bond acceptors (Lipinski definition) is 4. The van der Waals surface area contributed by atoms with Crippen LogP contribution < -0.4 is 15.3 Å². The summed E-state index contributed by atoms with van der Waals surface area (Å²) >= 11 is 0. The SMILES string of the molecule is CC1CCCCC1NCCO[SiH](NC1CCCCC1)NC1CCCCC1. The Morgan fingerprint density at radius 3 is 1.85 bits per heavy atom. The molecular weight excluding hydrogens is 338 g/mol. The van der Waals surface area contributed by atoms with E-state index in [0.717, 1.165) is 19.1 Å². The zero-order valence-electron chi connectivity index (χ0n) is 17.1. The van der Waals surface area contributed by atoms with Crippen LogP contribution in [0.3, 0.4) is 0 Å². The summed E-state index contributed by atoms with van der Waals surface area (Å²) in [6.45, 7) is 4.28. The molecule has 0 aliphatic heterocycles. The predicted molar refractivity (Wildman–Crippen MR) is 113 cm³/mol. The molecule has 2 unspecified atom stereocenters. The van der Waals surface area contributed by atoms with Crippen LogP contribution in [-0.2, 0) is 4.43 Å². The minimum absolute atomic E-state index is 0.697. The molecule has 2 atom stereocenters. The van der Waals surface area contributed by atoms with Crippen LogP contribution in [-0.4, -0.2) is 40.6 Å². The lowest BCUT2D eigenvalue weighted by Crippen LogP contribution is -2.58. The highest BCUT2D eigenvalue weighted by molar-refractivity contribution is 6.46. The van der Waals surface area contributed by atoms with Gasteiger partial charge in [-0.3, -0.25) is 0 Å². The van der Waals surface area contributed by atoms with Gasteiger partial charge in [-0.05, 0) is 44.4 Å². The molecule has 0 saturated heterocycles. The van der Waals surface area contributed by atoms with E-state index in [9.17, 15) is 0 Å². The van der Waals surface area contributed by atoms with Gasteiger partial charge in [0, 0.05) is 31.3 Å². The molecule has 0 aromatic rings. The summed E-state index contributed by atoms with van der Waals surface area (Å²) in [4.78, 5) is 7.86. The van der Waals surface area contributed by atoms with E-state index in [-0.39, 0.29) is 0 Å². The summed E-state index contributed by atoms with van der Waals surface area (Å²) in [6, 6.07) is 2.11. The largest absolute Gasteiger partial charge is 0.393 e. The number of hydrogen-bond donors (Lipinski definition) is 3. The average molecular weight is 382 g/mol. The number of rotatable bonds is 9. The summed E-state index contributed by atoms with van der Waals surface area (Å²) in [5.41, 5.74) is 0. The van der Waals surface area contributed by atoms with E-state index in [0.29, 0.717) is 18.1 Å². The molecular formula is C21H43N3OSi. The standard InChI is InChI=1S/C21H43N3OSi/c1-18-10-8-9-15-21(18)22-16-17-25-26(23-19-11-4-2-5-12-19)24-20-13-6-3-7-14-20/h18-24,26H,2-17H2,1H3. The van der Waals surface area contributed by atoms with E-state index < -0.39 is 9.36 Å². The van der Waals surface area contributed by atoms with Gasteiger partial charge >= 0.3 is 9.36 Å². The van der Waals surface area contributed by atoms with Crippen molar-refractivity contribution in [3.8, 4) is 0 Å². The van der Waals surface area contributed by atoms with Crippen LogP contribution in [0.4, 0.5) is 0 Å². The van der Waals surface area contributed by atoms with Gasteiger partial charge in [0.1, 0.15) is 0 Å². The summed E-state index contributed by atoms with van der Waals surface area (Å²) in [5.74, 6) is 0.831. The summed E-state index contributed by atoms with van der Waals surface area (Å²) < 4.78 is 6.43. The van der Waals surface area contributed by atoms with Crippen molar-refractivity contribution in [3.63, 3.8) is 0 Å². The highest BCUT2D eigenvalue weighted by atomic mass is 28.3. The summed E-state index contributed by atoms with van der Waals surface area (Å²) in [6.07, 6.45) is 19.3. The fourth-order valence-corrected chi connectivity index (χ4v) is 7.32. The second-order valence-electron chi connectivity index (χ2n) is 9.08. The Morgan fingerprint density at radius 1 is 0.731 bits per heavy atom. The van der Waals surface area contributed by atoms with Gasteiger partial charge in [-0.2, -0.15) is 0 Å². The topological polar surface area (TPSA) is 45.3 Å². The summed E-state index contributed by atoms with van der Waals surface area (Å²) in [7, 11) is -1.51. The van der Waals surface area contributed by atoms with E-state index in [1.807, 2.05) is 0 Å². The first kappa shape index (κ1) is 20.8. The quantitative estimate of drug-likeness (QED) is 0.421. The highest BCUT2D eigenvalue weighted by Gasteiger charge is 2.25. The van der Waals surface area contributed by atoms with Crippen LogP contribution >= 0.6 is 0 Å². The van der Waals surface area contributed by atoms with Gasteiger partial charge in [-0.15, -0.1) is 0 Å². The van der Waals surface area contributed by atoms with Crippen LogP contribution in [0.2, 0.25) is 0 Å². The lowest BCUT2D eigenvalue weighted by Gasteiger charge is -2.32. The molecule has 0 aromatic heterocycles. The van der Waals surface area contributed by atoms with Gasteiger partial charge in [-0.25, -0.2) is 0 Å². The average Bonchev–Trinajstić information content (AvgIpc) is 2.68. The van der Waals surface area contributed by atoms with Gasteiger partial charge < -0.3 is 19.7 Å². The van der Waals surface area contributed by atoms with E-state index >= 15 is 0 Å². The van der Waals surface area contributed by atoms with Crippen molar-refractivity contribution >= 4 is 9.36 Å². The third-order valence-corrected chi connectivity index (χ3v) is 9.01. The van der Waals surface area contributed by atoms with Crippen molar-refractivity contribution in [3.05, 3.63) is 0 Å². The first-order valence-corrected chi connectivity index (χ1v) is 13.3. The first-order valence-electron chi connectivity index (χ1n) is 11.7. The van der Waals surface area contributed by atoms with Crippen molar-refractivity contribution in [1.82, 2.24) is 15.3 Å². The molecule has 3 aliphatic rings. The molecule has 0 aromatic carbocycles. The molecule has 3 rings (SSSR count). The number of nitrogens with one attached hydrogen (secondary N) is 3. The van der Waals surface area contributed by atoms with E-state index in [2.05, 4.69) is 22.2 Å². The Hall–Kier alpha value is 0.0569. The third-order valence-electron chi connectivity index (χ3n) is 6.89. The molecule has 3 saturated carbocycles. The summed E-state index contributed by atoms with van der Waals surface area (Å²) in [5, 5.41) is 3.78. The molecule has 3 fully saturated rings. The van der Waals surface area contributed by atoms with Crippen molar-refractivity contribution < 1.29 is 4.43 Å². The van der Waals surface area contributed by atoms with Crippen molar-refractivity contribution in [2.24, 2.45) is 5.92 Å². The Kier molecular flexibility index (Phi) is 9.43. The fraction of sp³-hybridized carbons (Fsp3) is 1.00. The minimum atomic E-state index is -1.51. The Bertz CT molecular complexity index is 352. The fourth-order valence-electron chi connectivity index (χ4n) is 5.15. The smallest absolute Gasteiger partial charge is 0.335 e. The van der Waals surface area contributed by atoms with Gasteiger partial charge in [-0.1, -0.05) is 58.3 Å². The molecule has 26 heavy (non-hydrogen) atoms. The van der Waals surface area contributed by atoms with Gasteiger partial charge in [0.05, 0.1) is 0 Å². The molecule has 0 heterocycles. The second kappa shape index (κ2) is 11.8. The van der Waals surface area contributed by atoms with Crippen LogP contribution in [0.5, 0.6) is 0 Å². The lowest BCUT2D eigenvalue weighted by molar-refractivity contribution is 0.239. The van der Waals surface area contributed by atoms with Crippen molar-refractivity contribution in [2.75, 3.05) is 13.2 Å². The van der Waals surface area contributed by atoms with Gasteiger partial charge in [0.2, 0.25) is 0 Å². The Balaban J connectivity index is 1.39. The van der Waals surface area contributed by atoms with Crippen molar-refractivity contribution in [2.45, 2.75) is 115 Å².